The van der Waals surface area contributed by atoms with Gasteiger partial charge in [0.2, 0.25) is 0 Å². The number of hydrogen-bond donors (Lipinski definition) is 3. The Hall–Kier alpha value is -3.75. The first-order valence-electron chi connectivity index (χ1n) is 8.99. The number of nitro groups is 1. The lowest BCUT2D eigenvalue weighted by Crippen LogP contribution is -2.49. The van der Waals surface area contributed by atoms with Crippen LogP contribution in [0.3, 0.4) is 0 Å². The average molecular weight is 398 g/mol. The van der Waals surface area contributed by atoms with Crippen LogP contribution in [0.2, 0.25) is 0 Å². The van der Waals surface area contributed by atoms with Crippen LogP contribution in [0.4, 0.5) is 5.69 Å². The van der Waals surface area contributed by atoms with Crippen molar-refractivity contribution in [1.29, 1.82) is 0 Å². The third-order valence-electron chi connectivity index (χ3n) is 4.42. The molecule has 3 N–H and O–H groups in total. The molecule has 9 heteroatoms. The summed E-state index contributed by atoms with van der Waals surface area (Å²) in [4.78, 5) is 35.2. The summed E-state index contributed by atoms with van der Waals surface area (Å²) in [7, 11) is 0. The van der Waals surface area contributed by atoms with E-state index in [4.69, 9.17) is 0 Å². The Morgan fingerprint density at radius 3 is 2.55 bits per heavy atom. The van der Waals surface area contributed by atoms with Gasteiger partial charge in [-0.3, -0.25) is 19.7 Å². The number of phenols is 1. The number of non-ortho nitro benzene ring substituents is 1. The van der Waals surface area contributed by atoms with E-state index in [9.17, 15) is 24.8 Å². The van der Waals surface area contributed by atoms with Gasteiger partial charge in [-0.1, -0.05) is 38.5 Å². The molecule has 0 radical (unpaired) electrons. The van der Waals surface area contributed by atoms with Gasteiger partial charge in [0.15, 0.2) is 0 Å². The molecule has 0 aromatic heterocycles. The van der Waals surface area contributed by atoms with E-state index >= 15 is 0 Å². The summed E-state index contributed by atoms with van der Waals surface area (Å²) < 4.78 is 0. The monoisotopic (exact) mass is 398 g/mol. The minimum Gasteiger partial charge on any atom is -0.507 e. The molecule has 29 heavy (non-hydrogen) atoms. The smallest absolute Gasteiger partial charge is 0.270 e. The number of benzene rings is 2. The van der Waals surface area contributed by atoms with Crippen LogP contribution in [0.25, 0.3) is 0 Å². The molecule has 2 atom stereocenters. The molecule has 152 valence electrons. The Balaban J connectivity index is 2.10. The molecule has 0 fully saturated rings. The lowest BCUT2D eigenvalue weighted by atomic mass is 9.98. The molecule has 0 bridgehead atoms. The number of nitrogens with one attached hydrogen (secondary N) is 2. The van der Waals surface area contributed by atoms with Crippen LogP contribution in [0.1, 0.15) is 36.2 Å². The summed E-state index contributed by atoms with van der Waals surface area (Å²) in [5, 5.41) is 27.1. The highest BCUT2D eigenvalue weighted by Gasteiger charge is 2.26. The minimum atomic E-state index is -0.830. The van der Waals surface area contributed by atoms with E-state index in [2.05, 4.69) is 15.8 Å². The first-order valence-corrected chi connectivity index (χ1v) is 8.99. The molecule has 2 unspecified atom stereocenters. The number of phenolic OH excluding ortho intramolecular Hbond substituents is 1. The highest BCUT2D eigenvalue weighted by Crippen LogP contribution is 2.21. The Morgan fingerprint density at radius 1 is 1.24 bits per heavy atom. The molecule has 0 aliphatic rings. The summed E-state index contributed by atoms with van der Waals surface area (Å²) >= 11 is 0. The first kappa shape index (κ1) is 21.5. The highest BCUT2D eigenvalue weighted by atomic mass is 16.6. The Kier molecular flexibility index (Phi) is 7.41. The largest absolute Gasteiger partial charge is 0.507 e. The number of carbonyl (C=O) groups excluding carboxylic acids is 2. The van der Waals surface area contributed by atoms with E-state index in [0.717, 1.165) is 18.3 Å². The normalized spacial score (nSPS) is 12.9. The van der Waals surface area contributed by atoms with Gasteiger partial charge in [-0.15, -0.1) is 0 Å². The van der Waals surface area contributed by atoms with Crippen molar-refractivity contribution in [3.8, 4) is 5.75 Å². The van der Waals surface area contributed by atoms with Crippen LogP contribution in [-0.4, -0.2) is 34.1 Å². The standard InChI is InChI=1S/C20H22N4O5/c1-3-13(2)18(22-19(26)14-7-5-4-6-8-14)20(27)23-21-12-15-11-16(24(28)29)9-10-17(15)25/h4-13,18,25H,3H2,1-2H3,(H,22,26)(H,23,27)/b21-12+. The number of hydrogen-bond acceptors (Lipinski definition) is 6. The topological polar surface area (TPSA) is 134 Å². The highest BCUT2D eigenvalue weighted by molar-refractivity contribution is 5.97. The van der Waals surface area contributed by atoms with Crippen LogP contribution < -0.4 is 10.7 Å². The van der Waals surface area contributed by atoms with Crippen molar-refractivity contribution in [2.24, 2.45) is 11.0 Å². The molecule has 9 nitrogen and oxygen atoms in total. The van der Waals surface area contributed by atoms with E-state index < -0.39 is 16.9 Å². The van der Waals surface area contributed by atoms with Gasteiger partial charge in [0, 0.05) is 23.3 Å². The third-order valence-corrected chi connectivity index (χ3v) is 4.42. The van der Waals surface area contributed by atoms with Gasteiger partial charge in [0.1, 0.15) is 11.8 Å². The maximum absolute atomic E-state index is 12.6. The average Bonchev–Trinajstić information content (AvgIpc) is 2.72. The zero-order valence-corrected chi connectivity index (χ0v) is 16.0. The summed E-state index contributed by atoms with van der Waals surface area (Å²) in [5.41, 5.74) is 2.60. The molecule has 0 spiro atoms. The molecule has 2 amide bonds. The number of hydrazone groups is 1. The molecule has 2 aromatic carbocycles. The van der Waals surface area contributed by atoms with E-state index in [1.165, 1.54) is 6.07 Å². The number of carbonyl (C=O) groups is 2. The number of nitrogens with zero attached hydrogens (tertiary/aromatic N) is 2. The van der Waals surface area contributed by atoms with Crippen molar-refractivity contribution in [1.82, 2.24) is 10.7 Å². The molecule has 0 saturated carbocycles. The van der Waals surface area contributed by atoms with Crippen molar-refractivity contribution in [3.63, 3.8) is 0 Å². The molecule has 0 aliphatic carbocycles. The van der Waals surface area contributed by atoms with Crippen molar-refractivity contribution >= 4 is 23.7 Å². The van der Waals surface area contributed by atoms with E-state index in [1.807, 2.05) is 13.8 Å². The van der Waals surface area contributed by atoms with Crippen LogP contribution in [0.15, 0.2) is 53.6 Å². The third kappa shape index (κ3) is 5.86. The number of nitro benzene ring substituents is 1. The summed E-state index contributed by atoms with van der Waals surface area (Å²) in [6.45, 7) is 3.72. The van der Waals surface area contributed by atoms with Crippen molar-refractivity contribution < 1.29 is 19.6 Å². The summed E-state index contributed by atoms with van der Waals surface area (Å²) in [6, 6.07) is 11.2. The SMILES string of the molecule is CCC(C)C(NC(=O)c1ccccc1)C(=O)N/N=C/c1cc([N+](=O)[O-])ccc1O. The van der Waals surface area contributed by atoms with Crippen LogP contribution >= 0.6 is 0 Å². The van der Waals surface area contributed by atoms with Crippen molar-refractivity contribution in [2.45, 2.75) is 26.3 Å². The minimum absolute atomic E-state index is 0.0768. The van der Waals surface area contributed by atoms with Gasteiger partial charge in [0.25, 0.3) is 17.5 Å². The van der Waals surface area contributed by atoms with Gasteiger partial charge in [-0.05, 0) is 24.1 Å². The second kappa shape index (κ2) is 9.98. The zero-order valence-electron chi connectivity index (χ0n) is 16.0. The van der Waals surface area contributed by atoms with E-state index in [-0.39, 0.29) is 28.8 Å². The molecular weight excluding hydrogens is 376 g/mol. The molecule has 0 saturated heterocycles. The van der Waals surface area contributed by atoms with Crippen molar-refractivity contribution in [2.75, 3.05) is 0 Å². The second-order valence-electron chi connectivity index (χ2n) is 6.44. The van der Waals surface area contributed by atoms with Gasteiger partial charge in [-0.2, -0.15) is 5.10 Å². The van der Waals surface area contributed by atoms with Gasteiger partial charge in [0.05, 0.1) is 11.1 Å². The predicted octanol–water partition coefficient (Wildman–Crippen LogP) is 2.60. The maximum atomic E-state index is 12.6. The number of rotatable bonds is 8. The van der Waals surface area contributed by atoms with E-state index in [1.54, 1.807) is 30.3 Å². The summed E-state index contributed by atoms with van der Waals surface area (Å²) in [5.74, 6) is -1.30. The Morgan fingerprint density at radius 2 is 1.93 bits per heavy atom. The van der Waals surface area contributed by atoms with Crippen LogP contribution in [0, 0.1) is 16.0 Å². The van der Waals surface area contributed by atoms with Crippen LogP contribution in [-0.2, 0) is 4.79 Å². The number of amides is 2. The van der Waals surface area contributed by atoms with Gasteiger partial charge < -0.3 is 10.4 Å². The van der Waals surface area contributed by atoms with Crippen LogP contribution in [0.5, 0.6) is 5.75 Å². The molecule has 2 aromatic rings. The van der Waals surface area contributed by atoms with Gasteiger partial charge in [-0.25, -0.2) is 5.43 Å². The second-order valence-corrected chi connectivity index (χ2v) is 6.44. The number of aromatic hydroxyl groups is 1. The predicted molar refractivity (Wildman–Crippen MR) is 108 cm³/mol. The van der Waals surface area contributed by atoms with Gasteiger partial charge >= 0.3 is 0 Å². The lowest BCUT2D eigenvalue weighted by molar-refractivity contribution is -0.384. The fourth-order valence-electron chi connectivity index (χ4n) is 2.51. The lowest BCUT2D eigenvalue weighted by Gasteiger charge is -2.22. The molecule has 2 rings (SSSR count). The Labute approximate surface area is 167 Å². The first-order chi connectivity index (χ1) is 13.8. The zero-order chi connectivity index (χ0) is 21.4. The Bertz CT molecular complexity index is 914. The molecular formula is C20H22N4O5. The maximum Gasteiger partial charge on any atom is 0.270 e. The molecule has 0 aliphatic heterocycles. The quantitative estimate of drug-likeness (QED) is 0.357. The van der Waals surface area contributed by atoms with E-state index in [0.29, 0.717) is 12.0 Å². The summed E-state index contributed by atoms with van der Waals surface area (Å²) in [6.07, 6.45) is 1.75. The molecule has 0 heterocycles. The fourth-order valence-corrected chi connectivity index (χ4v) is 2.51. The fraction of sp³-hybridized carbons (Fsp3) is 0.250. The van der Waals surface area contributed by atoms with Crippen molar-refractivity contribution in [3.05, 3.63) is 69.8 Å².